The molecule has 3 nitrogen and oxygen atoms in total. The molecule has 100 valence electrons. The molecule has 2 amide bonds. The van der Waals surface area contributed by atoms with Crippen LogP contribution in [0.2, 0.25) is 5.02 Å². The molecule has 5 heteroatoms. The molecule has 0 N–H and O–H groups in total. The number of carbonyl (C=O) groups is 2. The van der Waals surface area contributed by atoms with Gasteiger partial charge >= 0.3 is 0 Å². The number of hydrogen-bond acceptors (Lipinski definition) is 2. The Balaban J connectivity index is 2.00. The minimum atomic E-state index is -0.138. The summed E-state index contributed by atoms with van der Waals surface area (Å²) in [5, 5.41) is 0.426. The zero-order valence-electron chi connectivity index (χ0n) is 10.2. The van der Waals surface area contributed by atoms with E-state index in [-0.39, 0.29) is 23.7 Å². The van der Waals surface area contributed by atoms with Crippen LogP contribution in [-0.2, 0) is 9.59 Å². The molecule has 2 atom stereocenters. The van der Waals surface area contributed by atoms with Gasteiger partial charge < -0.3 is 0 Å². The summed E-state index contributed by atoms with van der Waals surface area (Å²) < 4.78 is 0.831. The average molecular weight is 343 g/mol. The molecule has 0 aromatic heterocycles. The predicted octanol–water partition coefficient (Wildman–Crippen LogP) is 3.78. The number of anilines is 1. The molecule has 2 aliphatic rings. The van der Waals surface area contributed by atoms with Crippen LogP contribution in [-0.4, -0.2) is 11.8 Å². The molecule has 0 bridgehead atoms. The van der Waals surface area contributed by atoms with Gasteiger partial charge in [-0.2, -0.15) is 0 Å². The number of rotatable bonds is 1. The molecule has 1 heterocycles. The Morgan fingerprint density at radius 1 is 1.11 bits per heavy atom. The van der Waals surface area contributed by atoms with Gasteiger partial charge in [0.2, 0.25) is 11.8 Å². The van der Waals surface area contributed by atoms with Gasteiger partial charge in [-0.25, -0.2) is 4.90 Å². The van der Waals surface area contributed by atoms with Crippen LogP contribution in [0.3, 0.4) is 0 Å². The van der Waals surface area contributed by atoms with Crippen molar-refractivity contribution >= 4 is 45.0 Å². The van der Waals surface area contributed by atoms with E-state index in [1.54, 1.807) is 18.2 Å². The van der Waals surface area contributed by atoms with Gasteiger partial charge in [0, 0.05) is 4.47 Å². The van der Waals surface area contributed by atoms with E-state index >= 15 is 0 Å². The minimum Gasteiger partial charge on any atom is -0.274 e. The second-order valence-electron chi connectivity index (χ2n) is 5.11. The third-order valence-corrected chi connectivity index (χ3v) is 4.79. The largest absolute Gasteiger partial charge is 0.274 e. The number of carbonyl (C=O) groups excluding carboxylic acids is 2. The monoisotopic (exact) mass is 341 g/mol. The highest BCUT2D eigenvalue weighted by atomic mass is 79.9. The van der Waals surface area contributed by atoms with E-state index in [2.05, 4.69) is 15.9 Å². The maximum Gasteiger partial charge on any atom is 0.237 e. The smallest absolute Gasteiger partial charge is 0.237 e. The molecule has 1 saturated heterocycles. The summed E-state index contributed by atoms with van der Waals surface area (Å²) in [4.78, 5) is 26.1. The van der Waals surface area contributed by atoms with E-state index in [4.69, 9.17) is 11.6 Å². The molecular formula is C14H13BrClNO2. The van der Waals surface area contributed by atoms with Gasteiger partial charge in [0.1, 0.15) is 0 Å². The molecule has 1 aliphatic carbocycles. The lowest BCUT2D eigenvalue weighted by Crippen LogP contribution is -2.31. The SMILES string of the molecule is O=C1[C@@H]2CCCC[C@H]2C(=O)N1c1ccc(Br)cc1Cl. The summed E-state index contributed by atoms with van der Waals surface area (Å²) in [7, 11) is 0. The van der Waals surface area contributed by atoms with E-state index < -0.39 is 0 Å². The van der Waals surface area contributed by atoms with Crippen molar-refractivity contribution in [3.8, 4) is 0 Å². The summed E-state index contributed by atoms with van der Waals surface area (Å²) in [5.74, 6) is -0.445. The van der Waals surface area contributed by atoms with Crippen LogP contribution in [0.1, 0.15) is 25.7 Å². The quantitative estimate of drug-likeness (QED) is 0.728. The molecule has 3 rings (SSSR count). The third kappa shape index (κ3) is 2.11. The molecular weight excluding hydrogens is 330 g/mol. The van der Waals surface area contributed by atoms with Gasteiger partial charge in [0.15, 0.2) is 0 Å². The number of nitrogens with zero attached hydrogens (tertiary/aromatic N) is 1. The highest BCUT2D eigenvalue weighted by Crippen LogP contribution is 2.42. The van der Waals surface area contributed by atoms with E-state index in [1.807, 2.05) is 0 Å². The van der Waals surface area contributed by atoms with Crippen molar-refractivity contribution in [3.05, 3.63) is 27.7 Å². The Bertz CT molecular complexity index is 536. The Morgan fingerprint density at radius 3 is 2.21 bits per heavy atom. The maximum atomic E-state index is 12.4. The first-order valence-corrected chi connectivity index (χ1v) is 7.59. The van der Waals surface area contributed by atoms with Gasteiger partial charge in [-0.3, -0.25) is 9.59 Å². The number of halogens is 2. The fourth-order valence-corrected chi connectivity index (χ4v) is 3.82. The number of benzene rings is 1. The summed E-state index contributed by atoms with van der Waals surface area (Å²) >= 11 is 9.48. The Morgan fingerprint density at radius 2 is 1.68 bits per heavy atom. The van der Waals surface area contributed by atoms with Crippen LogP contribution in [0.4, 0.5) is 5.69 Å². The van der Waals surface area contributed by atoms with Crippen LogP contribution in [0, 0.1) is 11.8 Å². The van der Waals surface area contributed by atoms with Crippen molar-refractivity contribution in [2.45, 2.75) is 25.7 Å². The zero-order chi connectivity index (χ0) is 13.6. The molecule has 0 spiro atoms. The fourth-order valence-electron chi connectivity index (χ4n) is 3.06. The normalized spacial score (nSPS) is 26.7. The van der Waals surface area contributed by atoms with E-state index in [9.17, 15) is 9.59 Å². The molecule has 1 aromatic rings. The lowest BCUT2D eigenvalue weighted by molar-refractivity contribution is -0.122. The summed E-state index contributed by atoms with van der Waals surface area (Å²) in [5.41, 5.74) is 0.509. The standard InChI is InChI=1S/C14H13BrClNO2/c15-8-5-6-12(11(16)7-8)17-13(18)9-3-1-2-4-10(9)14(17)19/h5-7,9-10H,1-4H2/t9-,10-/m1/s1. The van der Waals surface area contributed by atoms with Crippen molar-refractivity contribution in [1.82, 2.24) is 0 Å². The third-order valence-electron chi connectivity index (χ3n) is 3.99. The molecule has 1 saturated carbocycles. The van der Waals surface area contributed by atoms with Crippen LogP contribution >= 0.6 is 27.5 Å². The van der Waals surface area contributed by atoms with Crippen molar-refractivity contribution in [2.24, 2.45) is 11.8 Å². The van der Waals surface area contributed by atoms with Crippen molar-refractivity contribution in [1.29, 1.82) is 0 Å². The summed E-state index contributed by atoms with van der Waals surface area (Å²) in [6.45, 7) is 0. The van der Waals surface area contributed by atoms with Crippen molar-refractivity contribution in [3.63, 3.8) is 0 Å². The number of hydrogen-bond donors (Lipinski definition) is 0. The van der Waals surface area contributed by atoms with E-state index in [1.165, 1.54) is 4.90 Å². The van der Waals surface area contributed by atoms with Crippen LogP contribution in [0.5, 0.6) is 0 Å². The van der Waals surface area contributed by atoms with Gasteiger partial charge in [0.05, 0.1) is 22.5 Å². The van der Waals surface area contributed by atoms with Gasteiger partial charge in [-0.15, -0.1) is 0 Å². The number of amides is 2. The second-order valence-corrected chi connectivity index (χ2v) is 6.43. The Hall–Kier alpha value is -0.870. The molecule has 1 aliphatic heterocycles. The molecule has 1 aromatic carbocycles. The first-order valence-electron chi connectivity index (χ1n) is 6.42. The molecule has 2 fully saturated rings. The predicted molar refractivity (Wildman–Crippen MR) is 77.1 cm³/mol. The number of imide groups is 1. The maximum absolute atomic E-state index is 12.4. The van der Waals surface area contributed by atoms with Gasteiger partial charge in [-0.1, -0.05) is 40.4 Å². The van der Waals surface area contributed by atoms with Crippen molar-refractivity contribution in [2.75, 3.05) is 4.90 Å². The second kappa shape index (κ2) is 4.91. The highest BCUT2D eigenvalue weighted by Gasteiger charge is 2.49. The zero-order valence-corrected chi connectivity index (χ0v) is 12.6. The topological polar surface area (TPSA) is 37.4 Å². The molecule has 19 heavy (non-hydrogen) atoms. The van der Waals surface area contributed by atoms with Crippen molar-refractivity contribution < 1.29 is 9.59 Å². The fraction of sp³-hybridized carbons (Fsp3) is 0.429. The number of fused-ring (bicyclic) bond motifs is 1. The van der Waals surface area contributed by atoms with Gasteiger partial charge in [0.25, 0.3) is 0 Å². The van der Waals surface area contributed by atoms with Crippen LogP contribution in [0.15, 0.2) is 22.7 Å². The first kappa shape index (κ1) is 13.1. The highest BCUT2D eigenvalue weighted by molar-refractivity contribution is 9.10. The van der Waals surface area contributed by atoms with E-state index in [0.717, 1.165) is 30.2 Å². The molecule has 0 radical (unpaired) electrons. The average Bonchev–Trinajstić information content (AvgIpc) is 2.64. The summed E-state index contributed by atoms with van der Waals surface area (Å²) in [6, 6.07) is 5.22. The van der Waals surface area contributed by atoms with E-state index in [0.29, 0.717) is 10.7 Å². The lowest BCUT2D eigenvalue weighted by Gasteiger charge is -2.19. The minimum absolute atomic E-state index is 0.0843. The van der Waals surface area contributed by atoms with Gasteiger partial charge in [-0.05, 0) is 31.0 Å². The lowest BCUT2D eigenvalue weighted by atomic mass is 9.81. The summed E-state index contributed by atoms with van der Waals surface area (Å²) in [6.07, 6.45) is 3.70. The Kier molecular flexibility index (Phi) is 3.39. The Labute approximate surface area is 125 Å². The first-order chi connectivity index (χ1) is 9.09. The molecule has 0 unspecified atom stereocenters. The van der Waals surface area contributed by atoms with Crippen LogP contribution < -0.4 is 4.90 Å². The van der Waals surface area contributed by atoms with Crippen LogP contribution in [0.25, 0.3) is 0 Å².